The van der Waals surface area contributed by atoms with Crippen LogP contribution < -0.4 is 0 Å². The Morgan fingerprint density at radius 2 is 1.50 bits per heavy atom. The average Bonchev–Trinajstić information content (AvgIpc) is 2.41. The van der Waals surface area contributed by atoms with E-state index in [0.29, 0.717) is 0 Å². The maximum absolute atomic E-state index is 2.46. The van der Waals surface area contributed by atoms with Crippen LogP contribution in [0.1, 0.15) is 104 Å². The lowest BCUT2D eigenvalue weighted by molar-refractivity contribution is 0.323. The fourth-order valence-electron chi connectivity index (χ4n) is 3.47. The molecule has 0 heteroatoms. The molecule has 0 aliphatic heterocycles. The van der Waals surface area contributed by atoms with Crippen molar-refractivity contribution in [2.75, 3.05) is 0 Å². The molecule has 1 unspecified atom stereocenters. The molecule has 0 amide bonds. The normalized spacial score (nSPS) is 19.0. The van der Waals surface area contributed by atoms with Gasteiger partial charge in [0, 0.05) is 0 Å². The second kappa shape index (κ2) is 10.9. The van der Waals surface area contributed by atoms with Crippen molar-refractivity contribution in [3.05, 3.63) is 0 Å². The molecule has 1 aliphatic rings. The fraction of sp³-hybridized carbons (Fsp3) is 1.00. The van der Waals surface area contributed by atoms with E-state index in [-0.39, 0.29) is 0 Å². The molecule has 0 N–H and O–H groups in total. The molecular weight excluding hydrogens is 216 g/mol. The molecule has 0 aromatic rings. The molecule has 0 radical (unpaired) electrons. The van der Waals surface area contributed by atoms with Crippen molar-refractivity contribution in [3.8, 4) is 0 Å². The third-order valence-electron chi connectivity index (χ3n) is 4.83. The lowest BCUT2D eigenvalue weighted by atomic mass is 9.85. The van der Waals surface area contributed by atoms with Crippen LogP contribution in [0.4, 0.5) is 0 Å². The van der Waals surface area contributed by atoms with Crippen LogP contribution in [0.5, 0.6) is 0 Å². The highest BCUT2D eigenvalue weighted by Crippen LogP contribution is 2.28. The smallest absolute Gasteiger partial charge is 0.0414 e. The van der Waals surface area contributed by atoms with Crippen LogP contribution in [-0.4, -0.2) is 0 Å². The van der Waals surface area contributed by atoms with E-state index >= 15 is 0 Å². The molecule has 1 fully saturated rings. The molecule has 1 atom stereocenters. The zero-order valence-electron chi connectivity index (χ0n) is 13.1. The zero-order valence-corrected chi connectivity index (χ0v) is 13.1. The number of hydrogen-bond acceptors (Lipinski definition) is 0. The van der Waals surface area contributed by atoms with E-state index in [0.717, 1.165) is 11.8 Å². The molecule has 0 aromatic carbocycles. The Kier molecular flexibility index (Phi) is 9.70. The number of unbranched alkanes of at least 4 members (excludes halogenated alkanes) is 4. The van der Waals surface area contributed by atoms with E-state index in [1.54, 1.807) is 0 Å². The van der Waals surface area contributed by atoms with Crippen molar-refractivity contribution in [2.24, 2.45) is 11.8 Å². The summed E-state index contributed by atoms with van der Waals surface area (Å²) in [6.45, 7) is 4.77. The lowest BCUT2D eigenvalue weighted by Gasteiger charge is -2.21. The van der Waals surface area contributed by atoms with Gasteiger partial charge in [-0.3, -0.25) is 0 Å². The Morgan fingerprint density at radius 1 is 0.833 bits per heavy atom. The van der Waals surface area contributed by atoms with E-state index in [1.807, 2.05) is 0 Å². The molecule has 0 heterocycles. The molecule has 0 saturated heterocycles. The average molecular weight is 252 g/mol. The van der Waals surface area contributed by atoms with Gasteiger partial charge < -0.3 is 0 Å². The molecule has 0 bridgehead atoms. The molecule has 1 saturated carbocycles. The molecule has 0 nitrogen and oxygen atoms in total. The highest BCUT2D eigenvalue weighted by Gasteiger charge is 2.12. The van der Waals surface area contributed by atoms with Gasteiger partial charge in [0.25, 0.3) is 0 Å². The molecule has 0 aromatic heterocycles. The summed E-state index contributed by atoms with van der Waals surface area (Å²) in [5, 5.41) is 0. The van der Waals surface area contributed by atoms with Gasteiger partial charge in [-0.05, 0) is 11.8 Å². The Balaban J connectivity index is 1.86. The van der Waals surface area contributed by atoms with Crippen molar-refractivity contribution in [1.82, 2.24) is 0 Å². The van der Waals surface area contributed by atoms with Crippen LogP contribution in [0, 0.1) is 11.8 Å². The Labute approximate surface area is 116 Å². The zero-order chi connectivity index (χ0) is 13.1. The van der Waals surface area contributed by atoms with Crippen molar-refractivity contribution in [1.29, 1.82) is 0 Å². The van der Waals surface area contributed by atoms with E-state index in [4.69, 9.17) is 0 Å². The molecular formula is C18H36. The largest absolute Gasteiger partial charge is 0.0654 e. The fourth-order valence-corrected chi connectivity index (χ4v) is 3.47. The van der Waals surface area contributed by atoms with Crippen molar-refractivity contribution >= 4 is 0 Å². The summed E-state index contributed by atoms with van der Waals surface area (Å²) in [4.78, 5) is 0. The second-order valence-electron chi connectivity index (χ2n) is 6.74. The van der Waals surface area contributed by atoms with Crippen molar-refractivity contribution in [3.63, 3.8) is 0 Å². The van der Waals surface area contributed by atoms with Crippen LogP contribution in [0.3, 0.4) is 0 Å². The first-order valence-electron chi connectivity index (χ1n) is 8.83. The Morgan fingerprint density at radius 3 is 2.17 bits per heavy atom. The minimum Gasteiger partial charge on any atom is -0.0654 e. The minimum atomic E-state index is 0.980. The molecule has 1 aliphatic carbocycles. The molecule has 1 rings (SSSR count). The van der Waals surface area contributed by atoms with Crippen LogP contribution in [0.25, 0.3) is 0 Å². The van der Waals surface area contributed by atoms with Gasteiger partial charge >= 0.3 is 0 Å². The summed E-state index contributed by atoms with van der Waals surface area (Å²) >= 11 is 0. The summed E-state index contributed by atoms with van der Waals surface area (Å²) < 4.78 is 0. The van der Waals surface area contributed by atoms with Gasteiger partial charge in [0.1, 0.15) is 0 Å². The number of rotatable bonds is 10. The first kappa shape index (κ1) is 16.1. The Bertz CT molecular complexity index is 167. The summed E-state index contributed by atoms with van der Waals surface area (Å²) in [7, 11) is 0. The van der Waals surface area contributed by atoms with E-state index in [1.165, 1.54) is 89.9 Å². The van der Waals surface area contributed by atoms with E-state index < -0.39 is 0 Å². The SMILES string of the molecule is CCCCCCC(C)CCCCC1CCCCC1. The molecule has 18 heavy (non-hydrogen) atoms. The van der Waals surface area contributed by atoms with Gasteiger partial charge in [-0.2, -0.15) is 0 Å². The third kappa shape index (κ3) is 8.16. The number of hydrogen-bond donors (Lipinski definition) is 0. The standard InChI is InChI=1S/C18H36/c1-3-4-5-7-12-17(2)13-10-11-16-18-14-8-6-9-15-18/h17-18H,3-16H2,1-2H3. The summed E-state index contributed by atoms with van der Waals surface area (Å²) in [6.07, 6.45) is 20.8. The predicted molar refractivity (Wildman–Crippen MR) is 83.0 cm³/mol. The quantitative estimate of drug-likeness (QED) is 0.378. The molecule has 0 spiro atoms. The highest BCUT2D eigenvalue weighted by atomic mass is 14.2. The first-order chi connectivity index (χ1) is 8.83. The van der Waals surface area contributed by atoms with Gasteiger partial charge in [0.2, 0.25) is 0 Å². The second-order valence-corrected chi connectivity index (χ2v) is 6.74. The summed E-state index contributed by atoms with van der Waals surface area (Å²) in [5.74, 6) is 2.08. The monoisotopic (exact) mass is 252 g/mol. The summed E-state index contributed by atoms with van der Waals surface area (Å²) in [6, 6.07) is 0. The van der Waals surface area contributed by atoms with Gasteiger partial charge in [-0.1, -0.05) is 104 Å². The van der Waals surface area contributed by atoms with E-state index in [9.17, 15) is 0 Å². The lowest BCUT2D eigenvalue weighted by Crippen LogP contribution is -2.06. The van der Waals surface area contributed by atoms with Crippen LogP contribution in [0.2, 0.25) is 0 Å². The van der Waals surface area contributed by atoms with Crippen molar-refractivity contribution < 1.29 is 0 Å². The van der Waals surface area contributed by atoms with Crippen LogP contribution in [0.15, 0.2) is 0 Å². The van der Waals surface area contributed by atoms with Gasteiger partial charge in [-0.15, -0.1) is 0 Å². The van der Waals surface area contributed by atoms with Gasteiger partial charge in [0.15, 0.2) is 0 Å². The van der Waals surface area contributed by atoms with Crippen LogP contribution in [-0.2, 0) is 0 Å². The van der Waals surface area contributed by atoms with Gasteiger partial charge in [-0.25, -0.2) is 0 Å². The topological polar surface area (TPSA) is 0 Å². The van der Waals surface area contributed by atoms with E-state index in [2.05, 4.69) is 13.8 Å². The minimum absolute atomic E-state index is 0.980. The molecule has 108 valence electrons. The highest BCUT2D eigenvalue weighted by molar-refractivity contribution is 4.66. The third-order valence-corrected chi connectivity index (χ3v) is 4.83. The van der Waals surface area contributed by atoms with Crippen molar-refractivity contribution in [2.45, 2.75) is 104 Å². The predicted octanol–water partition coefficient (Wildman–Crippen LogP) is 6.73. The van der Waals surface area contributed by atoms with Crippen LogP contribution >= 0.6 is 0 Å². The first-order valence-corrected chi connectivity index (χ1v) is 8.83. The maximum Gasteiger partial charge on any atom is -0.0414 e. The van der Waals surface area contributed by atoms with Gasteiger partial charge in [0.05, 0.1) is 0 Å². The Hall–Kier alpha value is 0. The maximum atomic E-state index is 2.46. The summed E-state index contributed by atoms with van der Waals surface area (Å²) in [5.41, 5.74) is 0.